The SMILES string of the molecule is O=C(NCc1ccccc1CN1CCCCC1)c1n[nH]c(=O)c2ccccc12. The monoisotopic (exact) mass is 376 g/mol. The second kappa shape index (κ2) is 8.35. The number of nitrogens with zero attached hydrogens (tertiary/aromatic N) is 2. The van der Waals surface area contributed by atoms with Crippen LogP contribution >= 0.6 is 0 Å². The molecule has 2 heterocycles. The fourth-order valence-corrected chi connectivity index (χ4v) is 3.79. The smallest absolute Gasteiger partial charge is 0.272 e. The summed E-state index contributed by atoms with van der Waals surface area (Å²) in [4.78, 5) is 27.1. The van der Waals surface area contributed by atoms with Gasteiger partial charge in [-0.2, -0.15) is 5.10 Å². The van der Waals surface area contributed by atoms with E-state index in [9.17, 15) is 9.59 Å². The lowest BCUT2D eigenvalue weighted by atomic mass is 10.0. The van der Waals surface area contributed by atoms with Gasteiger partial charge in [-0.3, -0.25) is 14.5 Å². The molecule has 0 bridgehead atoms. The van der Waals surface area contributed by atoms with Gasteiger partial charge in [-0.15, -0.1) is 0 Å². The normalized spacial score (nSPS) is 14.9. The Morgan fingerprint density at radius 3 is 2.43 bits per heavy atom. The first-order valence-electron chi connectivity index (χ1n) is 9.77. The molecule has 1 aliphatic rings. The molecule has 1 amide bonds. The van der Waals surface area contributed by atoms with E-state index in [1.807, 2.05) is 12.1 Å². The minimum Gasteiger partial charge on any atom is -0.347 e. The van der Waals surface area contributed by atoms with Crippen molar-refractivity contribution in [2.24, 2.45) is 0 Å². The van der Waals surface area contributed by atoms with E-state index in [1.54, 1.807) is 24.3 Å². The average molecular weight is 376 g/mol. The van der Waals surface area contributed by atoms with Gasteiger partial charge in [-0.05, 0) is 43.1 Å². The lowest BCUT2D eigenvalue weighted by Gasteiger charge is -2.27. The van der Waals surface area contributed by atoms with Gasteiger partial charge in [0, 0.05) is 18.5 Å². The fourth-order valence-electron chi connectivity index (χ4n) is 3.79. The lowest BCUT2D eigenvalue weighted by Crippen LogP contribution is -2.30. The van der Waals surface area contributed by atoms with Crippen LogP contribution in [0.25, 0.3) is 10.8 Å². The molecule has 0 unspecified atom stereocenters. The Kier molecular flexibility index (Phi) is 5.48. The van der Waals surface area contributed by atoms with Gasteiger partial charge >= 0.3 is 0 Å². The molecule has 28 heavy (non-hydrogen) atoms. The molecule has 1 aliphatic heterocycles. The molecule has 0 radical (unpaired) electrons. The number of piperidine rings is 1. The van der Waals surface area contributed by atoms with Gasteiger partial charge in [0.15, 0.2) is 5.69 Å². The Labute approximate surface area is 163 Å². The van der Waals surface area contributed by atoms with Gasteiger partial charge < -0.3 is 5.32 Å². The van der Waals surface area contributed by atoms with Gasteiger partial charge in [0.25, 0.3) is 11.5 Å². The van der Waals surface area contributed by atoms with E-state index < -0.39 is 0 Å². The van der Waals surface area contributed by atoms with E-state index in [0.717, 1.165) is 25.2 Å². The van der Waals surface area contributed by atoms with E-state index in [1.165, 1.54) is 24.8 Å². The van der Waals surface area contributed by atoms with E-state index in [2.05, 4.69) is 32.5 Å². The van der Waals surface area contributed by atoms with Gasteiger partial charge in [0.1, 0.15) is 0 Å². The first-order chi connectivity index (χ1) is 13.7. The molecule has 0 saturated carbocycles. The number of hydrogen-bond acceptors (Lipinski definition) is 4. The highest BCUT2D eigenvalue weighted by Crippen LogP contribution is 2.17. The molecule has 1 fully saturated rings. The van der Waals surface area contributed by atoms with Gasteiger partial charge in [0.2, 0.25) is 0 Å². The van der Waals surface area contributed by atoms with Crippen LogP contribution in [0, 0.1) is 0 Å². The van der Waals surface area contributed by atoms with Crippen molar-refractivity contribution in [2.75, 3.05) is 13.1 Å². The number of rotatable bonds is 5. The van der Waals surface area contributed by atoms with Gasteiger partial charge in [0.05, 0.1) is 5.39 Å². The van der Waals surface area contributed by atoms with Crippen LogP contribution in [0.1, 0.15) is 40.9 Å². The second-order valence-electron chi connectivity index (χ2n) is 7.24. The Bertz CT molecular complexity index is 1040. The molecule has 6 heteroatoms. The zero-order chi connectivity index (χ0) is 19.3. The Morgan fingerprint density at radius 1 is 0.964 bits per heavy atom. The highest BCUT2D eigenvalue weighted by Gasteiger charge is 2.15. The van der Waals surface area contributed by atoms with Crippen LogP contribution in [-0.2, 0) is 13.1 Å². The standard InChI is InChI=1S/C22H24N4O2/c27-21-19-11-5-4-10-18(19)20(24-25-21)22(28)23-14-16-8-2-3-9-17(16)15-26-12-6-1-7-13-26/h2-5,8-11H,1,6-7,12-15H2,(H,23,28)(H,25,27). The average Bonchev–Trinajstić information content (AvgIpc) is 2.74. The predicted octanol–water partition coefficient (Wildman–Crippen LogP) is 2.84. The van der Waals surface area contributed by atoms with Crippen LogP contribution in [0.3, 0.4) is 0 Å². The molecule has 6 nitrogen and oxygen atoms in total. The van der Waals surface area contributed by atoms with Crippen molar-refractivity contribution >= 4 is 16.7 Å². The topological polar surface area (TPSA) is 78.1 Å². The number of likely N-dealkylation sites (tertiary alicyclic amines) is 1. The molecule has 3 aromatic rings. The van der Waals surface area contributed by atoms with Crippen LogP contribution in [0.15, 0.2) is 53.3 Å². The van der Waals surface area contributed by atoms with Crippen LogP contribution in [0.5, 0.6) is 0 Å². The minimum atomic E-state index is -0.293. The largest absolute Gasteiger partial charge is 0.347 e. The maximum atomic E-state index is 12.7. The molecule has 4 rings (SSSR count). The molecule has 0 spiro atoms. The molecule has 0 atom stereocenters. The summed E-state index contributed by atoms with van der Waals surface area (Å²) in [6, 6.07) is 15.2. The van der Waals surface area contributed by atoms with Crippen molar-refractivity contribution in [1.82, 2.24) is 20.4 Å². The van der Waals surface area contributed by atoms with Crippen LogP contribution in [-0.4, -0.2) is 34.1 Å². The van der Waals surface area contributed by atoms with Crippen molar-refractivity contribution < 1.29 is 4.79 Å². The summed E-state index contributed by atoms with van der Waals surface area (Å²) in [6.07, 6.45) is 3.82. The van der Waals surface area contributed by atoms with Crippen molar-refractivity contribution in [3.8, 4) is 0 Å². The highest BCUT2D eigenvalue weighted by atomic mass is 16.2. The highest BCUT2D eigenvalue weighted by molar-refractivity contribution is 6.04. The molecular weight excluding hydrogens is 352 g/mol. The number of benzene rings is 2. The summed E-state index contributed by atoms with van der Waals surface area (Å²) >= 11 is 0. The second-order valence-corrected chi connectivity index (χ2v) is 7.24. The number of hydrogen-bond donors (Lipinski definition) is 2. The van der Waals surface area contributed by atoms with E-state index >= 15 is 0 Å². The summed E-state index contributed by atoms with van der Waals surface area (Å²) in [5.41, 5.74) is 2.29. The number of nitrogens with one attached hydrogen (secondary N) is 2. The summed E-state index contributed by atoms with van der Waals surface area (Å²) in [5.74, 6) is -0.291. The van der Waals surface area contributed by atoms with Gasteiger partial charge in [-0.25, -0.2) is 5.10 Å². The molecule has 1 saturated heterocycles. The number of H-pyrrole nitrogens is 1. The van der Waals surface area contributed by atoms with E-state index in [4.69, 9.17) is 0 Å². The van der Waals surface area contributed by atoms with Crippen molar-refractivity contribution in [3.05, 3.63) is 75.7 Å². The lowest BCUT2D eigenvalue weighted by molar-refractivity contribution is 0.0946. The first kappa shape index (κ1) is 18.4. The van der Waals surface area contributed by atoms with Crippen molar-refractivity contribution in [3.63, 3.8) is 0 Å². The van der Waals surface area contributed by atoms with Crippen LogP contribution in [0.2, 0.25) is 0 Å². The third-order valence-electron chi connectivity index (χ3n) is 5.31. The number of carbonyl (C=O) groups is 1. The Balaban J connectivity index is 1.50. The summed E-state index contributed by atoms with van der Waals surface area (Å²) in [5, 5.41) is 10.4. The Morgan fingerprint density at radius 2 is 1.64 bits per heavy atom. The summed E-state index contributed by atoms with van der Waals surface area (Å²) in [6.45, 7) is 3.60. The molecule has 2 N–H and O–H groups in total. The zero-order valence-electron chi connectivity index (χ0n) is 15.8. The summed E-state index contributed by atoms with van der Waals surface area (Å²) in [7, 11) is 0. The van der Waals surface area contributed by atoms with Crippen LogP contribution < -0.4 is 10.9 Å². The quantitative estimate of drug-likeness (QED) is 0.718. The number of aromatic amines is 1. The number of fused-ring (bicyclic) bond motifs is 1. The predicted molar refractivity (Wildman–Crippen MR) is 109 cm³/mol. The molecular formula is C22H24N4O2. The van der Waals surface area contributed by atoms with Crippen molar-refractivity contribution in [1.29, 1.82) is 0 Å². The maximum absolute atomic E-state index is 12.7. The third-order valence-corrected chi connectivity index (χ3v) is 5.31. The number of aromatic nitrogens is 2. The summed E-state index contributed by atoms with van der Waals surface area (Å²) < 4.78 is 0. The molecule has 2 aromatic carbocycles. The molecule has 1 aromatic heterocycles. The van der Waals surface area contributed by atoms with E-state index in [-0.39, 0.29) is 17.2 Å². The Hall–Kier alpha value is -2.99. The van der Waals surface area contributed by atoms with Crippen LogP contribution in [0.4, 0.5) is 0 Å². The van der Waals surface area contributed by atoms with Gasteiger partial charge in [-0.1, -0.05) is 48.9 Å². The first-order valence-corrected chi connectivity index (χ1v) is 9.77. The van der Waals surface area contributed by atoms with Crippen molar-refractivity contribution in [2.45, 2.75) is 32.4 Å². The number of amides is 1. The minimum absolute atomic E-state index is 0.240. The maximum Gasteiger partial charge on any atom is 0.272 e. The molecule has 144 valence electrons. The van der Waals surface area contributed by atoms with E-state index in [0.29, 0.717) is 17.3 Å². The third kappa shape index (κ3) is 3.97. The zero-order valence-corrected chi connectivity index (χ0v) is 15.8. The molecule has 0 aliphatic carbocycles. The fraction of sp³-hybridized carbons (Fsp3) is 0.318. The number of carbonyl (C=O) groups excluding carboxylic acids is 1.